The molecule has 1 aliphatic carbocycles. The third-order valence-corrected chi connectivity index (χ3v) is 9.15. The molecule has 5 atom stereocenters. The standard InChI is InChI=1S/C38H44N6O4/c1-22-14-31(43(21-22)35(45)47-37(2,3)4)33-40-20-29(42-33)26-12-11-24-15-23(8-10-25(24)16-26)9-13-28-19-39-34(41-28)32-18-27-17-30(27)44(32)36(46)48-38(5,6)7/h8,10-12,15-16,19-20,22,27,30-32H,14,17-18,21H2,1-7H3,(H,39,41)(H,40,42)/t22-,27?,30?,31-,32?/m0/s1. The number of piperidine rings is 1. The van der Waals surface area contributed by atoms with Gasteiger partial charge in [0.05, 0.1) is 24.0 Å². The lowest BCUT2D eigenvalue weighted by molar-refractivity contribution is 0.0172. The third kappa shape index (κ3) is 6.64. The molecule has 2 N–H and O–H groups in total. The van der Waals surface area contributed by atoms with Crippen molar-refractivity contribution in [3.05, 3.63) is 71.7 Å². The summed E-state index contributed by atoms with van der Waals surface area (Å²) >= 11 is 0. The lowest BCUT2D eigenvalue weighted by Crippen LogP contribution is -2.38. The predicted molar refractivity (Wildman–Crippen MR) is 183 cm³/mol. The number of benzene rings is 2. The number of aromatic amines is 2. The first-order valence-electron chi connectivity index (χ1n) is 16.9. The molecule has 3 aliphatic rings. The predicted octanol–water partition coefficient (Wildman–Crippen LogP) is 7.74. The lowest BCUT2D eigenvalue weighted by atomic mass is 10.0. The Balaban J connectivity index is 1.04. The number of nitrogens with one attached hydrogen (secondary N) is 2. The first-order valence-corrected chi connectivity index (χ1v) is 16.9. The molecular weight excluding hydrogens is 604 g/mol. The molecule has 2 aromatic heterocycles. The van der Waals surface area contributed by atoms with Crippen molar-refractivity contribution >= 4 is 23.0 Å². The van der Waals surface area contributed by atoms with Crippen molar-refractivity contribution in [3.8, 4) is 23.1 Å². The van der Waals surface area contributed by atoms with Crippen LogP contribution in [0.5, 0.6) is 0 Å². The van der Waals surface area contributed by atoms with Crippen LogP contribution >= 0.6 is 0 Å². The van der Waals surface area contributed by atoms with Crippen LogP contribution in [0.3, 0.4) is 0 Å². The Bertz CT molecular complexity index is 1940. The van der Waals surface area contributed by atoms with Gasteiger partial charge in [-0.2, -0.15) is 0 Å². The molecule has 1 saturated carbocycles. The van der Waals surface area contributed by atoms with Gasteiger partial charge in [-0.15, -0.1) is 0 Å². The van der Waals surface area contributed by atoms with E-state index < -0.39 is 11.2 Å². The highest BCUT2D eigenvalue weighted by Crippen LogP contribution is 2.53. The van der Waals surface area contributed by atoms with Crippen LogP contribution < -0.4 is 0 Å². The maximum atomic E-state index is 13.0. The molecule has 250 valence electrons. The van der Waals surface area contributed by atoms with Crippen LogP contribution in [-0.2, 0) is 9.47 Å². The van der Waals surface area contributed by atoms with E-state index in [1.807, 2.05) is 58.7 Å². The van der Waals surface area contributed by atoms with Gasteiger partial charge in [-0.1, -0.05) is 31.0 Å². The number of rotatable bonds is 3. The number of carbonyl (C=O) groups excluding carboxylic acids is 2. The first kappa shape index (κ1) is 31.8. The summed E-state index contributed by atoms with van der Waals surface area (Å²) in [5, 5.41) is 2.16. The molecule has 10 heteroatoms. The molecule has 7 rings (SSSR count). The molecular formula is C38H44N6O4. The normalized spacial score (nSPS) is 23.5. The van der Waals surface area contributed by atoms with Gasteiger partial charge in [0.2, 0.25) is 0 Å². The fourth-order valence-electron chi connectivity index (χ4n) is 6.95. The van der Waals surface area contributed by atoms with Crippen molar-refractivity contribution in [2.45, 2.75) is 97.1 Å². The summed E-state index contributed by atoms with van der Waals surface area (Å²) < 4.78 is 11.4. The number of imidazole rings is 2. The van der Waals surface area contributed by atoms with Crippen molar-refractivity contribution in [3.63, 3.8) is 0 Å². The average molecular weight is 649 g/mol. The number of nitrogens with zero attached hydrogens (tertiary/aromatic N) is 4. The van der Waals surface area contributed by atoms with Gasteiger partial charge >= 0.3 is 12.2 Å². The number of likely N-dealkylation sites (tertiary alicyclic amines) is 2. The van der Waals surface area contributed by atoms with Crippen LogP contribution in [0.25, 0.3) is 22.0 Å². The summed E-state index contributed by atoms with van der Waals surface area (Å²) in [5.41, 5.74) is 2.33. The van der Waals surface area contributed by atoms with E-state index in [4.69, 9.17) is 14.5 Å². The number of amides is 2. The lowest BCUT2D eigenvalue weighted by Gasteiger charge is -2.29. The Morgan fingerprint density at radius 2 is 1.60 bits per heavy atom. The SMILES string of the molecule is C[C@H]1C[C@@H](c2nc(-c3ccc4cc(C#Cc5cnc(C6CC7CC7N6C(=O)OC(C)(C)C)[nH]5)ccc4c3)c[nH]2)N(C(=O)OC(C)(C)C)C1. The van der Waals surface area contributed by atoms with Crippen LogP contribution in [0.1, 0.15) is 103 Å². The van der Waals surface area contributed by atoms with E-state index in [2.05, 4.69) is 64.0 Å². The summed E-state index contributed by atoms with van der Waals surface area (Å²) in [4.78, 5) is 45.7. The molecule has 0 radical (unpaired) electrons. The number of H-pyrrole nitrogens is 2. The molecule has 4 aromatic rings. The second-order valence-corrected chi connectivity index (χ2v) is 15.6. The van der Waals surface area contributed by atoms with E-state index >= 15 is 0 Å². The van der Waals surface area contributed by atoms with E-state index in [1.165, 1.54) is 0 Å². The van der Waals surface area contributed by atoms with Gasteiger partial charge in [-0.3, -0.25) is 9.80 Å². The van der Waals surface area contributed by atoms with Gasteiger partial charge in [-0.25, -0.2) is 19.6 Å². The van der Waals surface area contributed by atoms with Gasteiger partial charge in [0.15, 0.2) is 0 Å². The summed E-state index contributed by atoms with van der Waals surface area (Å²) in [6.45, 7) is 14.1. The van der Waals surface area contributed by atoms with Crippen LogP contribution in [-0.4, -0.2) is 65.7 Å². The van der Waals surface area contributed by atoms with Crippen LogP contribution in [0.15, 0.2) is 48.8 Å². The molecule has 3 fully saturated rings. The van der Waals surface area contributed by atoms with Gasteiger partial charge in [0.1, 0.15) is 28.5 Å². The molecule has 0 bridgehead atoms. The summed E-state index contributed by atoms with van der Waals surface area (Å²) in [6.07, 6.45) is 5.82. The highest BCUT2D eigenvalue weighted by molar-refractivity contribution is 5.88. The maximum absolute atomic E-state index is 13.0. The number of fused-ring (bicyclic) bond motifs is 2. The Morgan fingerprint density at radius 3 is 2.38 bits per heavy atom. The topological polar surface area (TPSA) is 116 Å². The molecule has 2 aliphatic heterocycles. The molecule has 2 aromatic carbocycles. The smallest absolute Gasteiger partial charge is 0.411 e. The van der Waals surface area contributed by atoms with E-state index in [9.17, 15) is 9.59 Å². The van der Waals surface area contributed by atoms with Crippen LogP contribution in [0, 0.1) is 23.7 Å². The zero-order valence-corrected chi connectivity index (χ0v) is 28.8. The summed E-state index contributed by atoms with van der Waals surface area (Å²) in [6, 6.07) is 12.4. The van der Waals surface area contributed by atoms with Crippen LogP contribution in [0.4, 0.5) is 9.59 Å². The largest absolute Gasteiger partial charge is 0.444 e. The number of hydrogen-bond acceptors (Lipinski definition) is 6. The zero-order chi connectivity index (χ0) is 34.0. The average Bonchev–Trinajstić information content (AvgIpc) is 3.49. The van der Waals surface area contributed by atoms with Gasteiger partial charge in [-0.05, 0) is 108 Å². The zero-order valence-electron chi connectivity index (χ0n) is 28.8. The Morgan fingerprint density at radius 1 is 0.875 bits per heavy atom. The van der Waals surface area contributed by atoms with Crippen molar-refractivity contribution in [1.29, 1.82) is 0 Å². The van der Waals surface area contributed by atoms with Crippen molar-refractivity contribution in [2.24, 2.45) is 11.8 Å². The number of hydrogen-bond donors (Lipinski definition) is 2. The second kappa shape index (κ2) is 11.7. The molecule has 48 heavy (non-hydrogen) atoms. The maximum Gasteiger partial charge on any atom is 0.411 e. The minimum absolute atomic E-state index is 0.120. The Hall–Kier alpha value is -4.78. The first-order chi connectivity index (χ1) is 22.7. The quantitative estimate of drug-likeness (QED) is 0.220. The molecule has 3 unspecified atom stereocenters. The van der Waals surface area contributed by atoms with E-state index in [0.717, 1.165) is 58.5 Å². The second-order valence-electron chi connectivity index (χ2n) is 15.6. The van der Waals surface area contributed by atoms with Crippen molar-refractivity contribution in [2.75, 3.05) is 6.54 Å². The van der Waals surface area contributed by atoms with Crippen molar-refractivity contribution < 1.29 is 19.1 Å². The molecule has 2 saturated heterocycles. The van der Waals surface area contributed by atoms with E-state index in [0.29, 0.717) is 24.1 Å². The van der Waals surface area contributed by atoms with E-state index in [1.54, 1.807) is 11.1 Å². The number of ether oxygens (including phenoxy) is 2. The number of carbonyl (C=O) groups is 2. The molecule has 2 amide bonds. The highest BCUT2D eigenvalue weighted by atomic mass is 16.6. The third-order valence-electron chi connectivity index (χ3n) is 9.15. The fourth-order valence-corrected chi connectivity index (χ4v) is 6.95. The summed E-state index contributed by atoms with van der Waals surface area (Å²) in [5.74, 6) is 8.88. The van der Waals surface area contributed by atoms with Crippen LogP contribution in [0.2, 0.25) is 0 Å². The Kier molecular flexibility index (Phi) is 7.77. The monoisotopic (exact) mass is 648 g/mol. The van der Waals surface area contributed by atoms with Gasteiger partial charge < -0.3 is 19.4 Å². The highest BCUT2D eigenvalue weighted by Gasteiger charge is 2.56. The molecule has 10 nitrogen and oxygen atoms in total. The minimum Gasteiger partial charge on any atom is -0.444 e. The van der Waals surface area contributed by atoms with Gasteiger partial charge in [0, 0.05) is 29.9 Å². The number of aromatic nitrogens is 4. The van der Waals surface area contributed by atoms with Crippen molar-refractivity contribution in [1.82, 2.24) is 29.7 Å². The van der Waals surface area contributed by atoms with Gasteiger partial charge in [0.25, 0.3) is 0 Å². The molecule has 0 spiro atoms. The Labute approximate surface area is 281 Å². The van der Waals surface area contributed by atoms with E-state index in [-0.39, 0.29) is 30.3 Å². The summed E-state index contributed by atoms with van der Waals surface area (Å²) in [7, 11) is 0. The molecule has 4 heterocycles. The fraction of sp³-hybridized carbons (Fsp3) is 0.474. The minimum atomic E-state index is -0.552.